The number of pyridine rings is 1. The molecule has 0 aliphatic rings. The molecule has 0 radical (unpaired) electrons. The second-order valence-corrected chi connectivity index (χ2v) is 7.48. The van der Waals surface area contributed by atoms with Gasteiger partial charge in [0, 0.05) is 29.8 Å². The zero-order chi connectivity index (χ0) is 22.9. The summed E-state index contributed by atoms with van der Waals surface area (Å²) in [5.74, 6) is 1.76. The van der Waals surface area contributed by atoms with Crippen LogP contribution in [0.25, 0.3) is 22.5 Å². The Morgan fingerprint density at radius 3 is 2.26 bits per heavy atom. The summed E-state index contributed by atoms with van der Waals surface area (Å²) in [6.45, 7) is 9.85. The molecular weight excluding hydrogens is 392 g/mol. The summed E-state index contributed by atoms with van der Waals surface area (Å²) in [4.78, 5) is 20.6. The first-order valence-corrected chi connectivity index (χ1v) is 10.6. The van der Waals surface area contributed by atoms with E-state index in [0.29, 0.717) is 11.7 Å². The number of aromatic nitrogens is 4. The summed E-state index contributed by atoms with van der Waals surface area (Å²) in [5.41, 5.74) is 2.23. The van der Waals surface area contributed by atoms with Gasteiger partial charge in [-0.15, -0.1) is 0 Å². The number of aryl methyl sites for hydroxylation is 1. The SMILES string of the molecule is CC.CCCc1nc(-c2ccc(-c3ccc(OCC(C)(C)C(=O)OC)nc3)cc2)n[nH]1. The number of nitrogens with one attached hydrogen (secondary N) is 1. The first-order valence-electron chi connectivity index (χ1n) is 10.6. The van der Waals surface area contributed by atoms with Crippen molar-refractivity contribution in [2.24, 2.45) is 5.41 Å². The second kappa shape index (κ2) is 11.2. The molecule has 1 N–H and O–H groups in total. The van der Waals surface area contributed by atoms with Crippen LogP contribution in [0, 0.1) is 5.41 Å². The molecule has 1 aromatic carbocycles. The Labute approximate surface area is 184 Å². The highest BCUT2D eigenvalue weighted by Crippen LogP contribution is 2.25. The fourth-order valence-corrected chi connectivity index (χ4v) is 2.81. The summed E-state index contributed by atoms with van der Waals surface area (Å²) >= 11 is 0. The first kappa shape index (κ1) is 24.1. The van der Waals surface area contributed by atoms with Crippen LogP contribution in [0.1, 0.15) is 46.9 Å². The van der Waals surface area contributed by atoms with Crippen LogP contribution in [-0.4, -0.2) is 39.9 Å². The first-order chi connectivity index (χ1) is 14.9. The van der Waals surface area contributed by atoms with Crippen molar-refractivity contribution >= 4 is 5.97 Å². The van der Waals surface area contributed by atoms with Gasteiger partial charge in [-0.05, 0) is 31.9 Å². The zero-order valence-corrected chi connectivity index (χ0v) is 19.2. The van der Waals surface area contributed by atoms with E-state index in [9.17, 15) is 4.79 Å². The quantitative estimate of drug-likeness (QED) is 0.507. The number of hydrogen-bond donors (Lipinski definition) is 1. The molecular formula is C24H32N4O3. The zero-order valence-electron chi connectivity index (χ0n) is 19.2. The molecule has 0 aliphatic carbocycles. The maximum Gasteiger partial charge on any atom is 0.314 e. The number of H-pyrrole nitrogens is 1. The molecule has 0 saturated carbocycles. The predicted octanol–water partition coefficient (Wildman–Crippen LogP) is 5.09. The van der Waals surface area contributed by atoms with Gasteiger partial charge in [-0.2, -0.15) is 5.10 Å². The van der Waals surface area contributed by atoms with Gasteiger partial charge in [0.1, 0.15) is 12.4 Å². The molecule has 166 valence electrons. The number of aromatic amines is 1. The van der Waals surface area contributed by atoms with Crippen molar-refractivity contribution in [2.75, 3.05) is 13.7 Å². The van der Waals surface area contributed by atoms with Gasteiger partial charge in [0.25, 0.3) is 0 Å². The second-order valence-electron chi connectivity index (χ2n) is 7.48. The van der Waals surface area contributed by atoms with Crippen LogP contribution < -0.4 is 4.74 Å². The topological polar surface area (TPSA) is 90.0 Å². The van der Waals surface area contributed by atoms with Crippen LogP contribution in [0.15, 0.2) is 42.6 Å². The van der Waals surface area contributed by atoms with E-state index in [0.717, 1.165) is 35.4 Å². The van der Waals surface area contributed by atoms with Gasteiger partial charge in [0.2, 0.25) is 5.88 Å². The Balaban J connectivity index is 0.00000166. The lowest BCUT2D eigenvalue weighted by Gasteiger charge is -2.21. The normalized spacial score (nSPS) is 10.8. The van der Waals surface area contributed by atoms with Crippen LogP contribution in [0.5, 0.6) is 5.88 Å². The Kier molecular flexibility index (Phi) is 8.73. The van der Waals surface area contributed by atoms with E-state index in [1.165, 1.54) is 7.11 Å². The molecule has 0 fully saturated rings. The monoisotopic (exact) mass is 424 g/mol. The number of nitrogens with zero attached hydrogens (tertiary/aromatic N) is 3. The summed E-state index contributed by atoms with van der Waals surface area (Å²) in [7, 11) is 1.37. The number of methoxy groups -OCH3 is 1. The molecule has 7 heteroatoms. The lowest BCUT2D eigenvalue weighted by Crippen LogP contribution is -2.32. The lowest BCUT2D eigenvalue weighted by atomic mass is 9.95. The summed E-state index contributed by atoms with van der Waals surface area (Å²) in [6.07, 6.45) is 3.67. The van der Waals surface area contributed by atoms with Gasteiger partial charge in [-0.3, -0.25) is 9.89 Å². The number of rotatable bonds is 8. The maximum absolute atomic E-state index is 11.7. The Hall–Kier alpha value is -3.22. The maximum atomic E-state index is 11.7. The van der Waals surface area contributed by atoms with Crippen molar-refractivity contribution in [3.05, 3.63) is 48.4 Å². The molecule has 2 heterocycles. The van der Waals surface area contributed by atoms with Gasteiger partial charge in [0.05, 0.1) is 12.5 Å². The number of hydrogen-bond acceptors (Lipinski definition) is 6. The lowest BCUT2D eigenvalue weighted by molar-refractivity contribution is -0.152. The molecule has 0 unspecified atom stereocenters. The third kappa shape index (κ3) is 6.38. The van der Waals surface area contributed by atoms with E-state index in [2.05, 4.69) is 27.1 Å². The minimum absolute atomic E-state index is 0.192. The van der Waals surface area contributed by atoms with Crippen LogP contribution in [0.4, 0.5) is 0 Å². The minimum atomic E-state index is -0.734. The van der Waals surface area contributed by atoms with Gasteiger partial charge < -0.3 is 9.47 Å². The number of carbonyl (C=O) groups is 1. The van der Waals surface area contributed by atoms with Crippen LogP contribution >= 0.6 is 0 Å². The average Bonchev–Trinajstić information content (AvgIpc) is 3.28. The van der Waals surface area contributed by atoms with Gasteiger partial charge in [-0.1, -0.05) is 45.0 Å². The largest absolute Gasteiger partial charge is 0.476 e. The summed E-state index contributed by atoms with van der Waals surface area (Å²) in [5, 5.41) is 7.26. The average molecular weight is 425 g/mol. The molecule has 3 aromatic rings. The molecule has 7 nitrogen and oxygen atoms in total. The molecule has 31 heavy (non-hydrogen) atoms. The van der Waals surface area contributed by atoms with E-state index < -0.39 is 5.41 Å². The molecule has 0 atom stereocenters. The third-order valence-electron chi connectivity index (χ3n) is 4.55. The fourth-order valence-electron chi connectivity index (χ4n) is 2.81. The van der Waals surface area contributed by atoms with Crippen LogP contribution in [-0.2, 0) is 16.0 Å². The van der Waals surface area contributed by atoms with Gasteiger partial charge in [-0.25, -0.2) is 9.97 Å². The minimum Gasteiger partial charge on any atom is -0.476 e. The van der Waals surface area contributed by atoms with Crippen molar-refractivity contribution < 1.29 is 14.3 Å². The van der Waals surface area contributed by atoms with Crippen LogP contribution in [0.3, 0.4) is 0 Å². The molecule has 0 amide bonds. The molecule has 0 bridgehead atoms. The van der Waals surface area contributed by atoms with E-state index in [1.807, 2.05) is 44.2 Å². The smallest absolute Gasteiger partial charge is 0.314 e. The van der Waals surface area contributed by atoms with Crippen LogP contribution in [0.2, 0.25) is 0 Å². The standard InChI is InChI=1S/C22H26N4O3.C2H6/c1-5-6-18-24-20(26-25-18)16-9-7-15(8-10-16)17-11-12-19(23-13-17)29-14-22(2,3)21(27)28-4;1-2/h7-13H,5-6,14H2,1-4H3,(H,24,25,26);1-2H3. The highest BCUT2D eigenvalue weighted by molar-refractivity contribution is 5.76. The van der Waals surface area contributed by atoms with Crippen molar-refractivity contribution in [1.82, 2.24) is 20.2 Å². The number of ether oxygens (including phenoxy) is 2. The van der Waals surface area contributed by atoms with Crippen molar-refractivity contribution in [1.29, 1.82) is 0 Å². The fraction of sp³-hybridized carbons (Fsp3) is 0.417. The molecule has 3 rings (SSSR count). The van der Waals surface area contributed by atoms with Crippen molar-refractivity contribution in [2.45, 2.75) is 47.5 Å². The molecule has 0 saturated heterocycles. The summed E-state index contributed by atoms with van der Waals surface area (Å²) in [6, 6.07) is 11.8. The summed E-state index contributed by atoms with van der Waals surface area (Å²) < 4.78 is 10.4. The predicted molar refractivity (Wildman–Crippen MR) is 122 cm³/mol. The van der Waals surface area contributed by atoms with E-state index in [1.54, 1.807) is 26.1 Å². The van der Waals surface area contributed by atoms with Gasteiger partial charge >= 0.3 is 5.97 Å². The van der Waals surface area contributed by atoms with Gasteiger partial charge in [0.15, 0.2) is 5.82 Å². The van der Waals surface area contributed by atoms with Crippen molar-refractivity contribution in [3.8, 4) is 28.4 Å². The molecule has 0 aliphatic heterocycles. The number of esters is 1. The Bertz CT molecular complexity index is 948. The van der Waals surface area contributed by atoms with Crippen molar-refractivity contribution in [3.63, 3.8) is 0 Å². The highest BCUT2D eigenvalue weighted by Gasteiger charge is 2.29. The van der Waals surface area contributed by atoms with E-state index >= 15 is 0 Å². The Morgan fingerprint density at radius 1 is 1.03 bits per heavy atom. The molecule has 2 aromatic heterocycles. The van der Waals surface area contributed by atoms with E-state index in [4.69, 9.17) is 9.47 Å². The molecule has 0 spiro atoms. The number of benzene rings is 1. The van der Waals surface area contributed by atoms with E-state index in [-0.39, 0.29) is 12.6 Å². The third-order valence-corrected chi connectivity index (χ3v) is 4.55. The Morgan fingerprint density at radius 2 is 1.68 bits per heavy atom. The number of carbonyl (C=O) groups excluding carboxylic acids is 1. The highest BCUT2D eigenvalue weighted by atomic mass is 16.5.